The predicted molar refractivity (Wildman–Crippen MR) is 72.3 cm³/mol. The van der Waals surface area contributed by atoms with Gasteiger partial charge in [-0.05, 0) is 28.9 Å². The zero-order valence-corrected chi connectivity index (χ0v) is 11.7. The number of hydrazone groups is 1. The minimum absolute atomic E-state index is 0.0986. The highest BCUT2D eigenvalue weighted by atomic mass is 79.9. The van der Waals surface area contributed by atoms with Crippen molar-refractivity contribution in [2.75, 3.05) is 6.61 Å². The van der Waals surface area contributed by atoms with E-state index in [2.05, 4.69) is 21.0 Å². The second-order valence-electron chi connectivity index (χ2n) is 3.11. The van der Waals surface area contributed by atoms with E-state index in [1.165, 1.54) is 12.3 Å². The molecule has 0 spiro atoms. The number of aromatic hydroxyl groups is 1. The summed E-state index contributed by atoms with van der Waals surface area (Å²) in [5.41, 5.74) is 7.43. The van der Waals surface area contributed by atoms with Crippen molar-refractivity contribution in [2.24, 2.45) is 10.8 Å². The molecule has 0 saturated heterocycles. The molecule has 0 fully saturated rings. The summed E-state index contributed by atoms with van der Waals surface area (Å²) in [4.78, 5) is 10.5. The van der Waals surface area contributed by atoms with E-state index in [9.17, 15) is 9.90 Å². The number of benzene rings is 1. The van der Waals surface area contributed by atoms with Crippen molar-refractivity contribution in [3.8, 4) is 11.5 Å². The third kappa shape index (κ3) is 3.51. The van der Waals surface area contributed by atoms with Crippen LogP contribution in [0.3, 0.4) is 0 Å². The number of carbonyl (C=O) groups is 1. The monoisotopic (exact) mass is 335 g/mol. The maximum Gasteiger partial charge on any atom is 0.332 e. The van der Waals surface area contributed by atoms with E-state index in [1.807, 2.05) is 5.43 Å². The van der Waals surface area contributed by atoms with Gasteiger partial charge >= 0.3 is 6.03 Å². The van der Waals surface area contributed by atoms with Crippen LogP contribution in [0.15, 0.2) is 15.6 Å². The third-order valence-electron chi connectivity index (χ3n) is 1.85. The average Bonchev–Trinajstić information content (AvgIpc) is 2.32. The standard InChI is InChI=1S/C10H11BrClN3O3/c1-2-18-6-3-5(4-14-15-10(13)17)7(11)8(12)9(6)16/h3-4,16H,2H2,1H3,(H3,13,15,17). The number of amides is 2. The second kappa shape index (κ2) is 6.46. The smallest absolute Gasteiger partial charge is 0.332 e. The quantitative estimate of drug-likeness (QED) is 0.581. The summed E-state index contributed by atoms with van der Waals surface area (Å²) in [7, 11) is 0. The topological polar surface area (TPSA) is 96.9 Å². The van der Waals surface area contributed by atoms with Crippen LogP contribution in [0.5, 0.6) is 11.5 Å². The van der Waals surface area contributed by atoms with Crippen LogP contribution in [0, 0.1) is 0 Å². The molecule has 0 aromatic heterocycles. The molecule has 1 aromatic carbocycles. The normalized spacial score (nSPS) is 10.6. The number of rotatable bonds is 4. The Morgan fingerprint density at radius 2 is 2.44 bits per heavy atom. The Morgan fingerprint density at radius 3 is 3.00 bits per heavy atom. The zero-order chi connectivity index (χ0) is 13.7. The lowest BCUT2D eigenvalue weighted by Crippen LogP contribution is -2.24. The van der Waals surface area contributed by atoms with Crippen LogP contribution < -0.4 is 15.9 Å². The van der Waals surface area contributed by atoms with Crippen molar-refractivity contribution >= 4 is 39.8 Å². The number of phenols is 1. The number of urea groups is 1. The maximum absolute atomic E-state index is 10.5. The molecule has 1 rings (SSSR count). The van der Waals surface area contributed by atoms with Gasteiger partial charge < -0.3 is 15.6 Å². The van der Waals surface area contributed by atoms with Gasteiger partial charge in [0.05, 0.1) is 12.8 Å². The lowest BCUT2D eigenvalue weighted by atomic mass is 10.2. The molecule has 0 aliphatic carbocycles. The number of hydrogen-bond acceptors (Lipinski definition) is 4. The number of hydrogen-bond donors (Lipinski definition) is 3. The Bertz CT molecular complexity index is 494. The van der Waals surface area contributed by atoms with Gasteiger partial charge in [-0.15, -0.1) is 0 Å². The van der Waals surface area contributed by atoms with Crippen molar-refractivity contribution in [2.45, 2.75) is 6.92 Å². The summed E-state index contributed by atoms with van der Waals surface area (Å²) in [6.45, 7) is 2.15. The van der Waals surface area contributed by atoms with E-state index < -0.39 is 6.03 Å². The number of phenolic OH excluding ortho intramolecular Hbond substituents is 1. The molecule has 0 saturated carbocycles. The van der Waals surface area contributed by atoms with Crippen molar-refractivity contribution in [1.82, 2.24) is 5.43 Å². The molecule has 4 N–H and O–H groups in total. The SMILES string of the molecule is CCOc1cc(C=NNC(N)=O)c(Br)c(Cl)c1O. The van der Waals surface area contributed by atoms with Gasteiger partial charge in [-0.2, -0.15) is 5.10 Å². The minimum Gasteiger partial charge on any atom is -0.503 e. The van der Waals surface area contributed by atoms with Crippen LogP contribution >= 0.6 is 27.5 Å². The van der Waals surface area contributed by atoms with Crippen LogP contribution in [-0.2, 0) is 0 Å². The summed E-state index contributed by atoms with van der Waals surface area (Å²) >= 11 is 9.12. The molecule has 18 heavy (non-hydrogen) atoms. The van der Waals surface area contributed by atoms with E-state index >= 15 is 0 Å². The van der Waals surface area contributed by atoms with Crippen LogP contribution in [0.4, 0.5) is 4.79 Å². The zero-order valence-electron chi connectivity index (χ0n) is 9.41. The first kappa shape index (κ1) is 14.6. The van der Waals surface area contributed by atoms with Gasteiger partial charge in [0.15, 0.2) is 11.5 Å². The Kier molecular flexibility index (Phi) is 5.24. The second-order valence-corrected chi connectivity index (χ2v) is 4.28. The number of nitrogens with zero attached hydrogens (tertiary/aromatic N) is 1. The summed E-state index contributed by atoms with van der Waals surface area (Å²) < 4.78 is 5.64. The summed E-state index contributed by atoms with van der Waals surface area (Å²) in [5, 5.41) is 13.4. The fourth-order valence-electron chi connectivity index (χ4n) is 1.14. The molecular weight excluding hydrogens is 325 g/mol. The highest BCUT2D eigenvalue weighted by molar-refractivity contribution is 9.10. The number of halogens is 2. The number of ether oxygens (including phenoxy) is 1. The largest absolute Gasteiger partial charge is 0.503 e. The first-order chi connectivity index (χ1) is 8.47. The van der Waals surface area contributed by atoms with Crippen molar-refractivity contribution in [1.29, 1.82) is 0 Å². The highest BCUT2D eigenvalue weighted by Crippen LogP contribution is 2.41. The van der Waals surface area contributed by atoms with Gasteiger partial charge in [-0.3, -0.25) is 0 Å². The Morgan fingerprint density at radius 1 is 1.78 bits per heavy atom. The summed E-state index contributed by atoms with van der Waals surface area (Å²) in [5.74, 6) is 0.0663. The Balaban J connectivity index is 3.11. The molecule has 0 bridgehead atoms. The lowest BCUT2D eigenvalue weighted by molar-refractivity contribution is 0.249. The van der Waals surface area contributed by atoms with Gasteiger partial charge in [0, 0.05) is 10.0 Å². The molecule has 0 aliphatic heterocycles. The molecule has 98 valence electrons. The minimum atomic E-state index is -0.780. The summed E-state index contributed by atoms with van der Waals surface area (Å²) in [6.07, 6.45) is 1.32. The predicted octanol–water partition coefficient (Wildman–Crippen LogP) is 2.21. The number of carbonyl (C=O) groups excluding carboxylic acids is 1. The van der Waals surface area contributed by atoms with Crippen molar-refractivity contribution in [3.05, 3.63) is 21.1 Å². The molecular formula is C10H11BrClN3O3. The van der Waals surface area contributed by atoms with Crippen molar-refractivity contribution in [3.63, 3.8) is 0 Å². The first-order valence-electron chi connectivity index (χ1n) is 4.89. The molecule has 1 aromatic rings. The molecule has 0 atom stereocenters. The highest BCUT2D eigenvalue weighted by Gasteiger charge is 2.14. The van der Waals surface area contributed by atoms with E-state index in [1.54, 1.807) is 6.92 Å². The summed E-state index contributed by atoms with van der Waals surface area (Å²) in [6, 6.07) is 0.748. The number of primary amides is 1. The van der Waals surface area contributed by atoms with Gasteiger partial charge in [0.2, 0.25) is 0 Å². The van der Waals surface area contributed by atoms with Gasteiger partial charge in [0.25, 0.3) is 0 Å². The number of nitrogens with one attached hydrogen (secondary N) is 1. The third-order valence-corrected chi connectivity index (χ3v) is 3.30. The van der Waals surface area contributed by atoms with E-state index in [0.717, 1.165) is 0 Å². The molecule has 0 radical (unpaired) electrons. The van der Waals surface area contributed by atoms with Crippen LogP contribution in [0.2, 0.25) is 5.02 Å². The lowest BCUT2D eigenvalue weighted by Gasteiger charge is -2.10. The van der Waals surface area contributed by atoms with Gasteiger partial charge in [-0.25, -0.2) is 10.2 Å². The fraction of sp³-hybridized carbons (Fsp3) is 0.200. The fourth-order valence-corrected chi connectivity index (χ4v) is 1.74. The van der Waals surface area contributed by atoms with E-state index in [4.69, 9.17) is 22.1 Å². The van der Waals surface area contributed by atoms with Crippen LogP contribution in [0.25, 0.3) is 0 Å². The van der Waals surface area contributed by atoms with Gasteiger partial charge in [0.1, 0.15) is 5.02 Å². The average molecular weight is 337 g/mol. The maximum atomic E-state index is 10.5. The molecule has 0 aliphatic rings. The van der Waals surface area contributed by atoms with Crippen molar-refractivity contribution < 1.29 is 14.6 Å². The molecule has 6 nitrogen and oxygen atoms in total. The van der Waals surface area contributed by atoms with Crippen LogP contribution in [0.1, 0.15) is 12.5 Å². The van der Waals surface area contributed by atoms with E-state index in [-0.39, 0.29) is 16.5 Å². The Labute approximate surface area is 117 Å². The first-order valence-corrected chi connectivity index (χ1v) is 6.06. The van der Waals surface area contributed by atoms with E-state index in [0.29, 0.717) is 16.6 Å². The van der Waals surface area contributed by atoms with Gasteiger partial charge in [-0.1, -0.05) is 11.6 Å². The molecule has 0 heterocycles. The molecule has 2 amide bonds. The molecule has 0 unspecified atom stereocenters. The Hall–Kier alpha value is -1.47. The van der Waals surface area contributed by atoms with Crippen LogP contribution in [-0.4, -0.2) is 24.0 Å². The molecule has 8 heteroatoms. The number of nitrogens with two attached hydrogens (primary N) is 1.